The zero-order valence-electron chi connectivity index (χ0n) is 14.2. The molecule has 1 heterocycles. The van der Waals surface area contributed by atoms with E-state index in [2.05, 4.69) is 10.6 Å². The second kappa shape index (κ2) is 7.72. The molecule has 25 heavy (non-hydrogen) atoms. The van der Waals surface area contributed by atoms with Crippen molar-refractivity contribution in [2.45, 2.75) is 30.2 Å². The number of ether oxygens (including phenoxy) is 1. The van der Waals surface area contributed by atoms with E-state index in [1.54, 1.807) is 19.2 Å². The monoisotopic (exact) mass is 356 g/mol. The highest BCUT2D eigenvalue weighted by Crippen LogP contribution is 2.35. The van der Waals surface area contributed by atoms with Crippen molar-refractivity contribution in [1.29, 1.82) is 0 Å². The van der Waals surface area contributed by atoms with Crippen LogP contribution in [0.1, 0.15) is 28.4 Å². The average Bonchev–Trinajstić information content (AvgIpc) is 2.61. The summed E-state index contributed by atoms with van der Waals surface area (Å²) in [5.41, 5.74) is 3.29. The van der Waals surface area contributed by atoms with Gasteiger partial charge >= 0.3 is 0 Å². The molecule has 2 amide bonds. The molecule has 1 atom stereocenters. The molecule has 0 bridgehead atoms. The standard InChI is InChI=1S/C19H20N2O3S/c1-12-18(22)21-16-9-13(7-8-17(16)25-12)19(23)20-10-14-5-3-4-6-15(14)11-24-2/h3-9,12H,10-11H2,1-2H3,(H,20,23)(H,21,22). The van der Waals surface area contributed by atoms with Crippen molar-refractivity contribution in [3.05, 3.63) is 59.2 Å². The van der Waals surface area contributed by atoms with Crippen molar-refractivity contribution < 1.29 is 14.3 Å². The van der Waals surface area contributed by atoms with Crippen molar-refractivity contribution in [2.75, 3.05) is 12.4 Å². The second-order valence-electron chi connectivity index (χ2n) is 5.84. The minimum atomic E-state index is -0.173. The van der Waals surface area contributed by atoms with Crippen molar-refractivity contribution in [1.82, 2.24) is 5.32 Å². The highest BCUT2D eigenvalue weighted by molar-refractivity contribution is 8.00. The van der Waals surface area contributed by atoms with Crippen LogP contribution >= 0.6 is 11.8 Å². The molecular weight excluding hydrogens is 336 g/mol. The third kappa shape index (κ3) is 4.03. The Bertz CT molecular complexity index is 807. The molecule has 2 aromatic carbocycles. The lowest BCUT2D eigenvalue weighted by Crippen LogP contribution is -2.27. The first-order valence-electron chi connectivity index (χ1n) is 8.04. The molecule has 0 fully saturated rings. The van der Waals surface area contributed by atoms with Crippen molar-refractivity contribution in [2.24, 2.45) is 0 Å². The lowest BCUT2D eigenvalue weighted by atomic mass is 10.1. The smallest absolute Gasteiger partial charge is 0.251 e. The third-order valence-electron chi connectivity index (χ3n) is 4.03. The molecule has 0 spiro atoms. The summed E-state index contributed by atoms with van der Waals surface area (Å²) in [7, 11) is 1.65. The maximum Gasteiger partial charge on any atom is 0.251 e. The van der Waals surface area contributed by atoms with Crippen LogP contribution in [0.5, 0.6) is 0 Å². The van der Waals surface area contributed by atoms with Crippen LogP contribution in [-0.4, -0.2) is 24.2 Å². The molecule has 3 rings (SSSR count). The Kier molecular flexibility index (Phi) is 5.40. The summed E-state index contributed by atoms with van der Waals surface area (Å²) in [5, 5.41) is 5.65. The zero-order chi connectivity index (χ0) is 17.8. The molecule has 0 aliphatic carbocycles. The van der Waals surface area contributed by atoms with E-state index in [1.165, 1.54) is 11.8 Å². The number of benzene rings is 2. The lowest BCUT2D eigenvalue weighted by molar-refractivity contribution is -0.115. The SMILES string of the molecule is COCc1ccccc1CNC(=O)c1ccc2c(c1)NC(=O)C(C)S2. The summed E-state index contributed by atoms with van der Waals surface area (Å²) >= 11 is 1.50. The number of carbonyl (C=O) groups excluding carboxylic acids is 2. The minimum absolute atomic E-state index is 0.0384. The van der Waals surface area contributed by atoms with E-state index in [-0.39, 0.29) is 17.1 Å². The van der Waals surface area contributed by atoms with E-state index >= 15 is 0 Å². The minimum Gasteiger partial charge on any atom is -0.380 e. The van der Waals surface area contributed by atoms with Gasteiger partial charge in [0.2, 0.25) is 5.91 Å². The van der Waals surface area contributed by atoms with Gasteiger partial charge in [0.25, 0.3) is 5.91 Å². The maximum absolute atomic E-state index is 12.5. The second-order valence-corrected chi connectivity index (χ2v) is 7.23. The third-order valence-corrected chi connectivity index (χ3v) is 5.21. The maximum atomic E-state index is 12.5. The van der Waals surface area contributed by atoms with Crippen molar-refractivity contribution >= 4 is 29.3 Å². The summed E-state index contributed by atoms with van der Waals surface area (Å²) in [6.45, 7) is 2.79. The summed E-state index contributed by atoms with van der Waals surface area (Å²) < 4.78 is 5.19. The molecule has 2 aromatic rings. The molecule has 0 saturated carbocycles. The highest BCUT2D eigenvalue weighted by Gasteiger charge is 2.23. The van der Waals surface area contributed by atoms with E-state index in [1.807, 2.05) is 37.3 Å². The number of hydrogen-bond donors (Lipinski definition) is 2. The molecular formula is C19H20N2O3S. The van der Waals surface area contributed by atoms with Crippen LogP contribution in [0.3, 0.4) is 0 Å². The Balaban J connectivity index is 1.70. The number of rotatable bonds is 5. The molecule has 6 heteroatoms. The van der Waals surface area contributed by atoms with Crippen LogP contribution in [-0.2, 0) is 22.7 Å². The molecule has 1 unspecified atom stereocenters. The lowest BCUT2D eigenvalue weighted by Gasteiger charge is -2.21. The van der Waals surface area contributed by atoms with Gasteiger partial charge in [0.05, 0.1) is 17.5 Å². The Morgan fingerprint density at radius 1 is 1.24 bits per heavy atom. The number of thioether (sulfide) groups is 1. The molecule has 0 radical (unpaired) electrons. The van der Waals surface area contributed by atoms with E-state index in [9.17, 15) is 9.59 Å². The van der Waals surface area contributed by atoms with E-state index in [0.717, 1.165) is 16.0 Å². The van der Waals surface area contributed by atoms with Crippen LogP contribution in [0.2, 0.25) is 0 Å². The first kappa shape index (κ1) is 17.5. The zero-order valence-corrected chi connectivity index (χ0v) is 15.0. The number of anilines is 1. The van der Waals surface area contributed by atoms with Crippen LogP contribution in [0.4, 0.5) is 5.69 Å². The summed E-state index contributed by atoms with van der Waals surface area (Å²) in [4.78, 5) is 25.2. The Hall–Kier alpha value is -2.31. The summed E-state index contributed by atoms with van der Waals surface area (Å²) in [6.07, 6.45) is 0. The largest absolute Gasteiger partial charge is 0.380 e. The number of carbonyl (C=O) groups is 2. The van der Waals surface area contributed by atoms with Crippen molar-refractivity contribution in [3.8, 4) is 0 Å². The number of fused-ring (bicyclic) bond motifs is 1. The van der Waals surface area contributed by atoms with Crippen LogP contribution in [0, 0.1) is 0 Å². The molecule has 0 saturated heterocycles. The highest BCUT2D eigenvalue weighted by atomic mass is 32.2. The molecule has 0 aromatic heterocycles. The van der Waals surface area contributed by atoms with Crippen molar-refractivity contribution in [3.63, 3.8) is 0 Å². The van der Waals surface area contributed by atoms with E-state index < -0.39 is 0 Å². The fourth-order valence-corrected chi connectivity index (χ4v) is 3.58. The molecule has 130 valence electrons. The van der Waals surface area contributed by atoms with Gasteiger partial charge in [0.15, 0.2) is 0 Å². The Morgan fingerprint density at radius 3 is 2.76 bits per heavy atom. The van der Waals surface area contributed by atoms with Gasteiger partial charge in [-0.1, -0.05) is 24.3 Å². The first-order chi connectivity index (χ1) is 12.1. The summed E-state index contributed by atoms with van der Waals surface area (Å²) in [5.74, 6) is -0.212. The molecule has 1 aliphatic rings. The van der Waals surface area contributed by atoms with Gasteiger partial charge in [-0.25, -0.2) is 0 Å². The molecule has 2 N–H and O–H groups in total. The number of hydrogen-bond acceptors (Lipinski definition) is 4. The molecule has 1 aliphatic heterocycles. The fourth-order valence-electron chi connectivity index (χ4n) is 2.65. The fraction of sp³-hybridized carbons (Fsp3) is 0.263. The van der Waals surface area contributed by atoms with Gasteiger partial charge in [-0.15, -0.1) is 11.8 Å². The van der Waals surface area contributed by atoms with Crippen LogP contribution in [0.25, 0.3) is 0 Å². The number of nitrogens with one attached hydrogen (secondary N) is 2. The molecule has 5 nitrogen and oxygen atoms in total. The van der Waals surface area contributed by atoms with Crippen LogP contribution in [0.15, 0.2) is 47.4 Å². The quantitative estimate of drug-likeness (QED) is 0.863. The number of amides is 2. The van der Waals surface area contributed by atoms with Gasteiger partial charge in [0, 0.05) is 24.1 Å². The normalized spacial score (nSPS) is 16.1. The van der Waals surface area contributed by atoms with Gasteiger partial charge in [-0.2, -0.15) is 0 Å². The van der Waals surface area contributed by atoms with Gasteiger partial charge in [-0.3, -0.25) is 9.59 Å². The van der Waals surface area contributed by atoms with Gasteiger partial charge < -0.3 is 15.4 Å². The van der Waals surface area contributed by atoms with E-state index in [4.69, 9.17) is 4.74 Å². The Labute approximate surface area is 151 Å². The first-order valence-corrected chi connectivity index (χ1v) is 8.92. The topological polar surface area (TPSA) is 67.4 Å². The van der Waals surface area contributed by atoms with Gasteiger partial charge in [0.1, 0.15) is 0 Å². The number of methoxy groups -OCH3 is 1. The van der Waals surface area contributed by atoms with E-state index in [0.29, 0.717) is 24.4 Å². The summed E-state index contributed by atoms with van der Waals surface area (Å²) in [6, 6.07) is 13.2. The van der Waals surface area contributed by atoms with Crippen LogP contribution < -0.4 is 10.6 Å². The average molecular weight is 356 g/mol. The van der Waals surface area contributed by atoms with Gasteiger partial charge in [-0.05, 0) is 36.2 Å². The predicted octanol–water partition coefficient (Wildman–Crippen LogP) is 3.20. The Morgan fingerprint density at radius 2 is 2.00 bits per heavy atom. The predicted molar refractivity (Wildman–Crippen MR) is 98.7 cm³/mol.